The van der Waals surface area contributed by atoms with E-state index in [0.29, 0.717) is 5.69 Å². The molecular formula is C16H12N4S. The van der Waals surface area contributed by atoms with Gasteiger partial charge in [0.1, 0.15) is 5.69 Å². The average molecular weight is 292 g/mol. The summed E-state index contributed by atoms with van der Waals surface area (Å²) in [5.41, 5.74) is 6.04. The Labute approximate surface area is 126 Å². The lowest BCUT2D eigenvalue weighted by atomic mass is 10.2. The maximum absolute atomic E-state index is 5.35. The van der Waals surface area contributed by atoms with E-state index in [1.165, 1.54) is 0 Å². The van der Waals surface area contributed by atoms with Gasteiger partial charge in [0.15, 0.2) is 0 Å². The number of terminal acetylenes is 1. The summed E-state index contributed by atoms with van der Waals surface area (Å²) in [7, 11) is 0. The summed E-state index contributed by atoms with van der Waals surface area (Å²) >= 11 is 1.56. The first-order valence-electron chi connectivity index (χ1n) is 6.36. The molecule has 0 saturated heterocycles. The monoisotopic (exact) mass is 292 g/mol. The van der Waals surface area contributed by atoms with Crippen molar-refractivity contribution in [2.24, 2.45) is 5.10 Å². The number of fused-ring (bicyclic) bond motifs is 1. The van der Waals surface area contributed by atoms with Gasteiger partial charge in [0.2, 0.25) is 5.13 Å². The largest absolute Gasteiger partial charge is 0.252 e. The maximum atomic E-state index is 5.35. The molecule has 0 saturated carbocycles. The van der Waals surface area contributed by atoms with Crippen LogP contribution in [-0.2, 0) is 0 Å². The number of pyridine rings is 1. The minimum Gasteiger partial charge on any atom is -0.252 e. The molecule has 3 rings (SSSR count). The van der Waals surface area contributed by atoms with E-state index >= 15 is 0 Å². The minimum atomic E-state index is 0.599. The number of anilines is 1. The van der Waals surface area contributed by atoms with Crippen molar-refractivity contribution in [1.82, 2.24) is 9.97 Å². The predicted molar refractivity (Wildman–Crippen MR) is 87.6 cm³/mol. The molecule has 0 fully saturated rings. The van der Waals surface area contributed by atoms with Crippen molar-refractivity contribution in [2.75, 3.05) is 5.43 Å². The van der Waals surface area contributed by atoms with Gasteiger partial charge in [-0.1, -0.05) is 35.5 Å². The molecule has 0 radical (unpaired) electrons. The van der Waals surface area contributed by atoms with Gasteiger partial charge in [-0.05, 0) is 31.2 Å². The fourth-order valence-electron chi connectivity index (χ4n) is 1.83. The molecule has 0 aliphatic heterocycles. The highest BCUT2D eigenvalue weighted by Crippen LogP contribution is 2.25. The van der Waals surface area contributed by atoms with Gasteiger partial charge >= 0.3 is 0 Å². The smallest absolute Gasteiger partial charge is 0.204 e. The molecule has 0 aliphatic carbocycles. The van der Waals surface area contributed by atoms with E-state index < -0.39 is 0 Å². The number of hydrogen-bond acceptors (Lipinski definition) is 5. The van der Waals surface area contributed by atoms with E-state index in [-0.39, 0.29) is 0 Å². The second-order valence-corrected chi connectivity index (χ2v) is 5.38. The quantitative estimate of drug-likeness (QED) is 0.456. The molecule has 102 valence electrons. The highest BCUT2D eigenvalue weighted by molar-refractivity contribution is 7.22. The maximum Gasteiger partial charge on any atom is 0.204 e. The molecule has 3 aromatic rings. The van der Waals surface area contributed by atoms with Crippen LogP contribution in [0.1, 0.15) is 18.3 Å². The highest BCUT2D eigenvalue weighted by Gasteiger charge is 2.03. The summed E-state index contributed by atoms with van der Waals surface area (Å²) < 4.78 is 1.13. The number of hydrazone groups is 1. The third-order valence-electron chi connectivity index (χ3n) is 2.88. The van der Waals surface area contributed by atoms with Crippen LogP contribution in [0.25, 0.3) is 10.2 Å². The van der Waals surface area contributed by atoms with Gasteiger partial charge < -0.3 is 0 Å². The van der Waals surface area contributed by atoms with Crippen LogP contribution >= 0.6 is 11.3 Å². The van der Waals surface area contributed by atoms with Crippen molar-refractivity contribution < 1.29 is 0 Å². The Hall–Kier alpha value is -2.71. The Morgan fingerprint density at radius 2 is 2.05 bits per heavy atom. The summed E-state index contributed by atoms with van der Waals surface area (Å²) in [4.78, 5) is 8.78. The first-order chi connectivity index (χ1) is 10.3. The van der Waals surface area contributed by atoms with E-state index in [1.807, 2.05) is 43.3 Å². The normalized spacial score (nSPS) is 11.3. The molecule has 2 heterocycles. The number of nitrogens with one attached hydrogen (secondary N) is 1. The summed E-state index contributed by atoms with van der Waals surface area (Å²) in [6.07, 6.45) is 5.35. The van der Waals surface area contributed by atoms with Gasteiger partial charge in [-0.3, -0.25) is 5.43 Å². The van der Waals surface area contributed by atoms with Gasteiger partial charge in [-0.25, -0.2) is 9.97 Å². The number of aromatic nitrogens is 2. The fourth-order valence-corrected chi connectivity index (χ4v) is 2.63. The van der Waals surface area contributed by atoms with Gasteiger partial charge in [0.05, 0.1) is 21.6 Å². The first kappa shape index (κ1) is 13.3. The lowest BCUT2D eigenvalue weighted by Gasteiger charge is -2.01. The Morgan fingerprint density at radius 1 is 1.19 bits per heavy atom. The van der Waals surface area contributed by atoms with Crippen molar-refractivity contribution >= 4 is 32.4 Å². The summed E-state index contributed by atoms with van der Waals surface area (Å²) in [5, 5.41) is 5.07. The van der Waals surface area contributed by atoms with Crippen LogP contribution in [0.15, 0.2) is 47.6 Å². The van der Waals surface area contributed by atoms with Crippen LogP contribution in [-0.4, -0.2) is 15.7 Å². The molecule has 0 bridgehead atoms. The van der Waals surface area contributed by atoms with Gasteiger partial charge in [0, 0.05) is 0 Å². The molecule has 0 aliphatic rings. The van der Waals surface area contributed by atoms with Crippen LogP contribution in [0.4, 0.5) is 5.13 Å². The van der Waals surface area contributed by atoms with Gasteiger partial charge in [-0.15, -0.1) is 6.42 Å². The molecule has 2 aromatic heterocycles. The van der Waals surface area contributed by atoms with Gasteiger partial charge in [0.25, 0.3) is 0 Å². The topological polar surface area (TPSA) is 50.2 Å². The molecule has 0 spiro atoms. The molecule has 0 amide bonds. The van der Waals surface area contributed by atoms with E-state index in [0.717, 1.165) is 26.8 Å². The van der Waals surface area contributed by atoms with Crippen LogP contribution < -0.4 is 5.43 Å². The Bertz CT molecular complexity index is 825. The Balaban J connectivity index is 1.82. The predicted octanol–water partition coefficient (Wildman–Crippen LogP) is 3.51. The number of hydrogen-bond donors (Lipinski definition) is 1. The summed E-state index contributed by atoms with van der Waals surface area (Å²) in [5.74, 6) is 2.52. The number of para-hydroxylation sites is 1. The SMILES string of the molecule is C#Cc1cccc(/C(C)=N/Nc2nc3ccccc3s2)n1. The van der Waals surface area contributed by atoms with Crippen LogP contribution in [0.2, 0.25) is 0 Å². The van der Waals surface area contributed by atoms with Crippen LogP contribution in [0.3, 0.4) is 0 Å². The lowest BCUT2D eigenvalue weighted by Crippen LogP contribution is -2.03. The third-order valence-corrected chi connectivity index (χ3v) is 3.82. The fraction of sp³-hybridized carbons (Fsp3) is 0.0625. The summed E-state index contributed by atoms with van der Waals surface area (Å²) in [6.45, 7) is 1.88. The van der Waals surface area contributed by atoms with Crippen molar-refractivity contribution in [3.05, 3.63) is 53.9 Å². The first-order valence-corrected chi connectivity index (χ1v) is 7.18. The van der Waals surface area contributed by atoms with Crippen LogP contribution in [0, 0.1) is 12.3 Å². The molecule has 5 heteroatoms. The zero-order chi connectivity index (χ0) is 14.7. The lowest BCUT2D eigenvalue weighted by molar-refractivity contribution is 1.22. The number of thiazole rings is 1. The van der Waals surface area contributed by atoms with Crippen molar-refractivity contribution in [1.29, 1.82) is 0 Å². The summed E-state index contributed by atoms with van der Waals surface area (Å²) in [6, 6.07) is 13.5. The minimum absolute atomic E-state index is 0.599. The van der Waals surface area contributed by atoms with Crippen molar-refractivity contribution in [2.45, 2.75) is 6.92 Å². The van der Waals surface area contributed by atoms with Crippen LogP contribution in [0.5, 0.6) is 0 Å². The van der Waals surface area contributed by atoms with Crippen molar-refractivity contribution in [3.63, 3.8) is 0 Å². The molecule has 0 unspecified atom stereocenters. The standard InChI is InChI=1S/C16H12N4S/c1-3-12-7-6-9-13(17-12)11(2)19-20-16-18-14-8-4-5-10-15(14)21-16/h1,4-10H,2H3,(H,18,20)/b19-11+. The molecule has 1 aromatic carbocycles. The zero-order valence-corrected chi connectivity index (χ0v) is 12.2. The van der Waals surface area contributed by atoms with Gasteiger partial charge in [-0.2, -0.15) is 5.10 Å². The van der Waals surface area contributed by atoms with E-state index in [2.05, 4.69) is 26.4 Å². The second-order valence-electron chi connectivity index (χ2n) is 4.35. The molecule has 21 heavy (non-hydrogen) atoms. The van der Waals surface area contributed by atoms with E-state index in [1.54, 1.807) is 17.4 Å². The molecule has 4 nitrogen and oxygen atoms in total. The number of benzene rings is 1. The Morgan fingerprint density at radius 3 is 2.86 bits per heavy atom. The van der Waals surface area contributed by atoms with Crippen molar-refractivity contribution in [3.8, 4) is 12.3 Å². The molecule has 1 N–H and O–H groups in total. The molecule has 0 atom stereocenters. The number of nitrogens with zero attached hydrogens (tertiary/aromatic N) is 3. The van der Waals surface area contributed by atoms with E-state index in [4.69, 9.17) is 6.42 Å². The third kappa shape index (κ3) is 2.91. The highest BCUT2D eigenvalue weighted by atomic mass is 32.1. The second kappa shape index (κ2) is 5.73. The zero-order valence-electron chi connectivity index (χ0n) is 11.4. The Kier molecular flexibility index (Phi) is 3.63. The number of rotatable bonds is 3. The average Bonchev–Trinajstić information content (AvgIpc) is 2.95. The molecular weight excluding hydrogens is 280 g/mol. The van der Waals surface area contributed by atoms with E-state index in [9.17, 15) is 0 Å².